The average Bonchev–Trinajstić information content (AvgIpc) is 2.85. The summed E-state index contributed by atoms with van der Waals surface area (Å²) >= 11 is 0. The molecule has 0 heterocycles. The lowest BCUT2D eigenvalue weighted by molar-refractivity contribution is -0.123. The van der Waals surface area contributed by atoms with Gasteiger partial charge in [0.25, 0.3) is 0 Å². The van der Waals surface area contributed by atoms with E-state index in [1.807, 2.05) is 14.0 Å². The molecular formula is C10H20N2O. The first-order valence-corrected chi connectivity index (χ1v) is 5.09. The van der Waals surface area contributed by atoms with E-state index in [1.54, 1.807) is 0 Å². The van der Waals surface area contributed by atoms with Gasteiger partial charge in [-0.15, -0.1) is 0 Å². The largest absolute Gasteiger partial charge is 0.368 e. The minimum Gasteiger partial charge on any atom is -0.368 e. The number of amides is 1. The molecule has 2 atom stereocenters. The van der Waals surface area contributed by atoms with Crippen molar-refractivity contribution in [3.63, 3.8) is 0 Å². The van der Waals surface area contributed by atoms with Crippen molar-refractivity contribution in [2.45, 2.75) is 45.2 Å². The minimum absolute atomic E-state index is 0.0874. The standard InChI is InChI=1S/C10H20N2O/c1-4-9(10(11)13)12(3)7(2)8-5-6-8/h7-9H,4-6H2,1-3H3,(H2,11,13). The van der Waals surface area contributed by atoms with Crippen LogP contribution >= 0.6 is 0 Å². The molecule has 0 aromatic rings. The number of primary amides is 1. The van der Waals surface area contributed by atoms with Gasteiger partial charge < -0.3 is 5.73 Å². The number of carbonyl (C=O) groups is 1. The predicted molar refractivity (Wildman–Crippen MR) is 53.2 cm³/mol. The summed E-state index contributed by atoms with van der Waals surface area (Å²) in [5.74, 6) is 0.593. The third-order valence-corrected chi connectivity index (χ3v) is 3.15. The Bertz CT molecular complexity index is 189. The summed E-state index contributed by atoms with van der Waals surface area (Å²) in [6.45, 7) is 4.19. The summed E-state index contributed by atoms with van der Waals surface area (Å²) < 4.78 is 0. The lowest BCUT2D eigenvalue weighted by atomic mass is 10.1. The predicted octanol–water partition coefficient (Wildman–Crippen LogP) is 0.981. The molecule has 0 saturated heterocycles. The van der Waals surface area contributed by atoms with Crippen molar-refractivity contribution in [3.05, 3.63) is 0 Å². The van der Waals surface area contributed by atoms with Crippen molar-refractivity contribution < 1.29 is 4.79 Å². The molecule has 2 unspecified atom stereocenters. The first-order valence-electron chi connectivity index (χ1n) is 5.09. The maximum atomic E-state index is 11.1. The van der Waals surface area contributed by atoms with Crippen LogP contribution in [0.4, 0.5) is 0 Å². The van der Waals surface area contributed by atoms with Gasteiger partial charge in [0.1, 0.15) is 0 Å². The second kappa shape index (κ2) is 4.09. The lowest BCUT2D eigenvalue weighted by Crippen LogP contribution is -2.47. The molecule has 0 aromatic heterocycles. The summed E-state index contributed by atoms with van der Waals surface area (Å²) in [6, 6.07) is 0.410. The van der Waals surface area contributed by atoms with Crippen LogP contribution in [0.15, 0.2) is 0 Å². The van der Waals surface area contributed by atoms with E-state index in [4.69, 9.17) is 5.73 Å². The lowest BCUT2D eigenvalue weighted by Gasteiger charge is -2.30. The number of hydrogen-bond acceptors (Lipinski definition) is 2. The fraction of sp³-hybridized carbons (Fsp3) is 0.900. The fourth-order valence-electron chi connectivity index (χ4n) is 1.88. The topological polar surface area (TPSA) is 46.3 Å². The van der Waals surface area contributed by atoms with E-state index in [-0.39, 0.29) is 11.9 Å². The molecule has 0 bridgehead atoms. The zero-order valence-electron chi connectivity index (χ0n) is 8.79. The SMILES string of the molecule is CCC(C(N)=O)N(C)C(C)C1CC1. The van der Waals surface area contributed by atoms with Crippen LogP contribution in [0.2, 0.25) is 0 Å². The van der Waals surface area contributed by atoms with Crippen LogP contribution in [0, 0.1) is 5.92 Å². The minimum atomic E-state index is -0.197. The van der Waals surface area contributed by atoms with E-state index >= 15 is 0 Å². The molecular weight excluding hydrogens is 164 g/mol. The number of carbonyl (C=O) groups excluding carboxylic acids is 1. The van der Waals surface area contributed by atoms with Crippen molar-refractivity contribution in [2.24, 2.45) is 11.7 Å². The molecule has 3 nitrogen and oxygen atoms in total. The van der Waals surface area contributed by atoms with Crippen LogP contribution in [0.3, 0.4) is 0 Å². The van der Waals surface area contributed by atoms with E-state index < -0.39 is 0 Å². The molecule has 1 saturated carbocycles. The van der Waals surface area contributed by atoms with Gasteiger partial charge in [0.2, 0.25) is 5.91 Å². The molecule has 0 spiro atoms. The number of nitrogens with zero attached hydrogens (tertiary/aromatic N) is 1. The highest BCUT2D eigenvalue weighted by atomic mass is 16.1. The van der Waals surface area contributed by atoms with Crippen LogP contribution in [-0.4, -0.2) is 29.9 Å². The Labute approximate surface area is 80.3 Å². The Hall–Kier alpha value is -0.570. The van der Waals surface area contributed by atoms with Crippen LogP contribution in [-0.2, 0) is 4.79 Å². The molecule has 3 heteroatoms. The zero-order chi connectivity index (χ0) is 10.0. The van der Waals surface area contributed by atoms with Crippen LogP contribution in [0.5, 0.6) is 0 Å². The Morgan fingerprint density at radius 3 is 2.46 bits per heavy atom. The Morgan fingerprint density at radius 1 is 1.62 bits per heavy atom. The molecule has 1 aliphatic rings. The monoisotopic (exact) mass is 184 g/mol. The molecule has 0 aromatic carbocycles. The summed E-state index contributed by atoms with van der Waals surface area (Å²) in [5.41, 5.74) is 5.33. The van der Waals surface area contributed by atoms with Gasteiger partial charge in [0, 0.05) is 6.04 Å². The van der Waals surface area contributed by atoms with Crippen molar-refractivity contribution >= 4 is 5.91 Å². The summed E-state index contributed by atoms with van der Waals surface area (Å²) in [4.78, 5) is 13.2. The van der Waals surface area contributed by atoms with Crippen LogP contribution in [0.1, 0.15) is 33.1 Å². The molecule has 0 aliphatic heterocycles. The number of likely N-dealkylation sites (N-methyl/N-ethyl adjacent to an activating group) is 1. The van der Waals surface area contributed by atoms with Gasteiger partial charge in [-0.2, -0.15) is 0 Å². The third kappa shape index (κ3) is 2.44. The van der Waals surface area contributed by atoms with Gasteiger partial charge in [-0.25, -0.2) is 0 Å². The van der Waals surface area contributed by atoms with Crippen molar-refractivity contribution in [2.75, 3.05) is 7.05 Å². The molecule has 1 rings (SSSR count). The molecule has 1 amide bonds. The Morgan fingerprint density at radius 2 is 2.15 bits per heavy atom. The van der Waals surface area contributed by atoms with Crippen molar-refractivity contribution in [1.82, 2.24) is 4.90 Å². The fourth-order valence-corrected chi connectivity index (χ4v) is 1.88. The number of rotatable bonds is 5. The summed E-state index contributed by atoms with van der Waals surface area (Å²) in [6.07, 6.45) is 3.42. The maximum Gasteiger partial charge on any atom is 0.234 e. The van der Waals surface area contributed by atoms with Crippen LogP contribution in [0.25, 0.3) is 0 Å². The molecule has 1 fully saturated rings. The highest BCUT2D eigenvalue weighted by molar-refractivity contribution is 5.79. The number of nitrogens with two attached hydrogens (primary N) is 1. The first kappa shape index (κ1) is 10.5. The quantitative estimate of drug-likeness (QED) is 0.692. The van der Waals surface area contributed by atoms with E-state index in [0.717, 1.165) is 12.3 Å². The van der Waals surface area contributed by atoms with Gasteiger partial charge in [0.15, 0.2) is 0 Å². The molecule has 2 N–H and O–H groups in total. The van der Waals surface area contributed by atoms with Gasteiger partial charge >= 0.3 is 0 Å². The highest BCUT2D eigenvalue weighted by Crippen LogP contribution is 2.35. The van der Waals surface area contributed by atoms with E-state index in [0.29, 0.717) is 6.04 Å². The van der Waals surface area contributed by atoms with E-state index in [9.17, 15) is 4.79 Å². The molecule has 1 aliphatic carbocycles. The van der Waals surface area contributed by atoms with Gasteiger partial charge in [-0.05, 0) is 39.2 Å². The number of hydrogen-bond donors (Lipinski definition) is 1. The smallest absolute Gasteiger partial charge is 0.234 e. The van der Waals surface area contributed by atoms with Gasteiger partial charge in [-0.1, -0.05) is 6.92 Å². The second-order valence-electron chi connectivity index (χ2n) is 4.07. The second-order valence-corrected chi connectivity index (χ2v) is 4.07. The Balaban J connectivity index is 2.51. The molecule has 76 valence electrons. The third-order valence-electron chi connectivity index (χ3n) is 3.15. The summed E-state index contributed by atoms with van der Waals surface area (Å²) in [5, 5.41) is 0. The summed E-state index contributed by atoms with van der Waals surface area (Å²) in [7, 11) is 2.00. The zero-order valence-corrected chi connectivity index (χ0v) is 8.79. The van der Waals surface area contributed by atoms with E-state index in [1.165, 1.54) is 12.8 Å². The van der Waals surface area contributed by atoms with Gasteiger partial charge in [0.05, 0.1) is 6.04 Å². The molecule has 13 heavy (non-hydrogen) atoms. The molecule has 0 radical (unpaired) electrons. The van der Waals surface area contributed by atoms with Crippen molar-refractivity contribution in [1.29, 1.82) is 0 Å². The van der Waals surface area contributed by atoms with Gasteiger partial charge in [-0.3, -0.25) is 9.69 Å². The Kier molecular flexibility index (Phi) is 3.31. The van der Waals surface area contributed by atoms with E-state index in [2.05, 4.69) is 11.8 Å². The average molecular weight is 184 g/mol. The first-order chi connectivity index (χ1) is 6.07. The van der Waals surface area contributed by atoms with Crippen LogP contribution < -0.4 is 5.73 Å². The normalized spacial score (nSPS) is 21.5. The van der Waals surface area contributed by atoms with Crippen molar-refractivity contribution in [3.8, 4) is 0 Å². The highest BCUT2D eigenvalue weighted by Gasteiger charge is 2.34. The maximum absolute atomic E-state index is 11.1.